The molecule has 2 N–H and O–H groups in total. The predicted molar refractivity (Wildman–Crippen MR) is 101 cm³/mol. The molecule has 0 aliphatic carbocycles. The summed E-state index contributed by atoms with van der Waals surface area (Å²) in [5.41, 5.74) is 2.90. The van der Waals surface area contributed by atoms with Crippen LogP contribution in [-0.2, 0) is 11.2 Å². The molecule has 0 spiro atoms. The summed E-state index contributed by atoms with van der Waals surface area (Å²) in [6.45, 7) is 3.29. The normalized spacial score (nSPS) is 15.5. The SMILES string of the molecule is Cc1ccc(F)c2c1NC(C(=O)Nc1cccc(OCCN(C)C)c1)C2. The fourth-order valence-electron chi connectivity index (χ4n) is 2.97. The number of carbonyl (C=O) groups excluding carboxylic acids is 1. The van der Waals surface area contributed by atoms with Crippen molar-refractivity contribution in [3.05, 3.63) is 53.3 Å². The Balaban J connectivity index is 1.62. The minimum atomic E-state index is -0.487. The lowest BCUT2D eigenvalue weighted by Gasteiger charge is -2.14. The summed E-state index contributed by atoms with van der Waals surface area (Å²) in [5, 5.41) is 6.02. The van der Waals surface area contributed by atoms with E-state index in [0.29, 0.717) is 30.0 Å². The molecular weight excluding hydrogens is 333 g/mol. The average molecular weight is 357 g/mol. The Kier molecular flexibility index (Phi) is 5.42. The molecule has 1 aliphatic heterocycles. The third kappa shape index (κ3) is 4.14. The molecule has 0 fully saturated rings. The van der Waals surface area contributed by atoms with E-state index in [0.717, 1.165) is 17.8 Å². The van der Waals surface area contributed by atoms with Gasteiger partial charge in [-0.2, -0.15) is 0 Å². The number of benzene rings is 2. The average Bonchev–Trinajstić information content (AvgIpc) is 3.05. The van der Waals surface area contributed by atoms with Gasteiger partial charge in [-0.15, -0.1) is 0 Å². The van der Waals surface area contributed by atoms with Crippen molar-refractivity contribution in [3.8, 4) is 5.75 Å². The maximum atomic E-state index is 14.0. The van der Waals surface area contributed by atoms with Gasteiger partial charge in [0.2, 0.25) is 5.91 Å². The smallest absolute Gasteiger partial charge is 0.247 e. The molecule has 0 aromatic heterocycles. The fraction of sp³-hybridized carbons (Fsp3) is 0.350. The third-order valence-electron chi connectivity index (χ3n) is 4.42. The second kappa shape index (κ2) is 7.74. The molecule has 1 unspecified atom stereocenters. The number of likely N-dealkylation sites (N-methyl/N-ethyl adjacent to an activating group) is 1. The minimum absolute atomic E-state index is 0.189. The van der Waals surface area contributed by atoms with E-state index in [4.69, 9.17) is 4.74 Å². The number of aryl methyl sites for hydroxylation is 1. The Labute approximate surface area is 153 Å². The van der Waals surface area contributed by atoms with Crippen LogP contribution in [0.1, 0.15) is 11.1 Å². The fourth-order valence-corrected chi connectivity index (χ4v) is 2.97. The second-order valence-electron chi connectivity index (χ2n) is 6.79. The van der Waals surface area contributed by atoms with Crippen molar-refractivity contribution in [3.63, 3.8) is 0 Å². The Morgan fingerprint density at radius 2 is 2.15 bits per heavy atom. The quantitative estimate of drug-likeness (QED) is 0.834. The standard InChI is InChI=1S/C20H24FN3O2/c1-13-7-8-17(21)16-12-18(23-19(13)16)20(25)22-14-5-4-6-15(11-14)26-10-9-24(2)3/h4-8,11,18,23H,9-10,12H2,1-3H3,(H,22,25). The largest absolute Gasteiger partial charge is 0.492 e. The number of halogens is 1. The summed E-state index contributed by atoms with van der Waals surface area (Å²) in [4.78, 5) is 14.6. The maximum absolute atomic E-state index is 14.0. The van der Waals surface area contributed by atoms with Crippen molar-refractivity contribution in [1.82, 2.24) is 4.90 Å². The lowest BCUT2D eigenvalue weighted by Crippen LogP contribution is -2.32. The molecule has 1 aliphatic rings. The molecule has 138 valence electrons. The number of ether oxygens (including phenoxy) is 1. The highest BCUT2D eigenvalue weighted by Gasteiger charge is 2.30. The number of nitrogens with one attached hydrogen (secondary N) is 2. The number of fused-ring (bicyclic) bond motifs is 1. The van der Waals surface area contributed by atoms with Crippen LogP contribution in [-0.4, -0.2) is 44.1 Å². The van der Waals surface area contributed by atoms with E-state index >= 15 is 0 Å². The van der Waals surface area contributed by atoms with E-state index in [1.54, 1.807) is 12.1 Å². The monoisotopic (exact) mass is 357 g/mol. The molecule has 0 saturated heterocycles. The van der Waals surface area contributed by atoms with E-state index in [1.807, 2.05) is 44.1 Å². The molecule has 6 heteroatoms. The number of hydrogen-bond acceptors (Lipinski definition) is 4. The number of nitrogens with zero attached hydrogens (tertiary/aromatic N) is 1. The predicted octanol–water partition coefficient (Wildman–Crippen LogP) is 3.05. The van der Waals surface area contributed by atoms with Crippen molar-refractivity contribution in [2.45, 2.75) is 19.4 Å². The topological polar surface area (TPSA) is 53.6 Å². The van der Waals surface area contributed by atoms with Crippen molar-refractivity contribution < 1.29 is 13.9 Å². The van der Waals surface area contributed by atoms with Crippen LogP contribution >= 0.6 is 0 Å². The molecule has 0 saturated carbocycles. The highest BCUT2D eigenvalue weighted by Crippen LogP contribution is 2.32. The van der Waals surface area contributed by atoms with Crippen LogP contribution in [0, 0.1) is 12.7 Å². The highest BCUT2D eigenvalue weighted by molar-refractivity contribution is 5.98. The van der Waals surface area contributed by atoms with Crippen LogP contribution in [0.5, 0.6) is 5.75 Å². The highest BCUT2D eigenvalue weighted by atomic mass is 19.1. The minimum Gasteiger partial charge on any atom is -0.492 e. The first-order chi connectivity index (χ1) is 12.4. The first kappa shape index (κ1) is 18.2. The van der Waals surface area contributed by atoms with Gasteiger partial charge in [0.05, 0.1) is 0 Å². The van der Waals surface area contributed by atoms with Gasteiger partial charge in [-0.25, -0.2) is 4.39 Å². The van der Waals surface area contributed by atoms with Gasteiger partial charge in [-0.05, 0) is 44.8 Å². The second-order valence-corrected chi connectivity index (χ2v) is 6.79. The molecule has 1 heterocycles. The lowest BCUT2D eigenvalue weighted by molar-refractivity contribution is -0.116. The van der Waals surface area contributed by atoms with Gasteiger partial charge in [-0.1, -0.05) is 12.1 Å². The summed E-state index contributed by atoms with van der Waals surface area (Å²) < 4.78 is 19.7. The van der Waals surface area contributed by atoms with Gasteiger partial charge in [0.25, 0.3) is 0 Å². The van der Waals surface area contributed by atoms with Crippen LogP contribution in [0.2, 0.25) is 0 Å². The van der Waals surface area contributed by atoms with E-state index in [2.05, 4.69) is 10.6 Å². The summed E-state index contributed by atoms with van der Waals surface area (Å²) in [6, 6.07) is 9.97. The van der Waals surface area contributed by atoms with E-state index in [1.165, 1.54) is 6.07 Å². The number of amides is 1. The Bertz CT molecular complexity index is 777. The van der Waals surface area contributed by atoms with Crippen LogP contribution in [0.15, 0.2) is 36.4 Å². The summed E-state index contributed by atoms with van der Waals surface area (Å²) in [7, 11) is 3.97. The zero-order valence-corrected chi connectivity index (χ0v) is 15.3. The van der Waals surface area contributed by atoms with E-state index in [9.17, 15) is 9.18 Å². The first-order valence-electron chi connectivity index (χ1n) is 8.67. The summed E-state index contributed by atoms with van der Waals surface area (Å²) in [5.74, 6) is 0.240. The van der Waals surface area contributed by atoms with Crippen molar-refractivity contribution in [2.75, 3.05) is 37.9 Å². The lowest BCUT2D eigenvalue weighted by atomic mass is 10.1. The Morgan fingerprint density at radius 3 is 2.88 bits per heavy atom. The van der Waals surface area contributed by atoms with Crippen molar-refractivity contribution in [2.24, 2.45) is 0 Å². The molecular formula is C20H24FN3O2. The molecule has 2 aromatic rings. The van der Waals surface area contributed by atoms with Crippen molar-refractivity contribution in [1.29, 1.82) is 0 Å². The van der Waals surface area contributed by atoms with Crippen LogP contribution in [0.3, 0.4) is 0 Å². The zero-order chi connectivity index (χ0) is 18.7. The van der Waals surface area contributed by atoms with Crippen LogP contribution in [0.4, 0.5) is 15.8 Å². The number of anilines is 2. The van der Waals surface area contributed by atoms with Gasteiger partial charge in [0.15, 0.2) is 0 Å². The Hall–Kier alpha value is -2.60. The first-order valence-corrected chi connectivity index (χ1v) is 8.67. The Morgan fingerprint density at radius 1 is 1.35 bits per heavy atom. The van der Waals surface area contributed by atoms with Gasteiger partial charge >= 0.3 is 0 Å². The molecule has 1 atom stereocenters. The third-order valence-corrected chi connectivity index (χ3v) is 4.42. The molecule has 0 bridgehead atoms. The van der Waals surface area contributed by atoms with Crippen LogP contribution < -0.4 is 15.4 Å². The van der Waals surface area contributed by atoms with Crippen LogP contribution in [0.25, 0.3) is 0 Å². The van der Waals surface area contributed by atoms with Gasteiger partial charge in [0.1, 0.15) is 24.2 Å². The molecule has 26 heavy (non-hydrogen) atoms. The van der Waals surface area contributed by atoms with E-state index in [-0.39, 0.29) is 11.7 Å². The zero-order valence-electron chi connectivity index (χ0n) is 15.3. The number of rotatable bonds is 6. The maximum Gasteiger partial charge on any atom is 0.247 e. The molecule has 3 rings (SSSR count). The van der Waals surface area contributed by atoms with Gasteiger partial charge < -0.3 is 20.3 Å². The molecule has 1 amide bonds. The van der Waals surface area contributed by atoms with Gasteiger partial charge in [0, 0.05) is 36.0 Å². The van der Waals surface area contributed by atoms with Gasteiger partial charge in [-0.3, -0.25) is 4.79 Å². The molecule has 5 nitrogen and oxygen atoms in total. The summed E-state index contributed by atoms with van der Waals surface area (Å²) >= 11 is 0. The van der Waals surface area contributed by atoms with E-state index < -0.39 is 6.04 Å². The van der Waals surface area contributed by atoms with Crippen molar-refractivity contribution >= 4 is 17.3 Å². The molecule has 0 radical (unpaired) electrons. The number of carbonyl (C=O) groups is 1. The number of hydrogen-bond donors (Lipinski definition) is 2. The molecule has 2 aromatic carbocycles. The summed E-state index contributed by atoms with van der Waals surface area (Å²) in [6.07, 6.45) is 0.341.